The monoisotopic (exact) mass is 290 g/mol. The Hall–Kier alpha value is -1.88. The van der Waals surface area contributed by atoms with Gasteiger partial charge in [-0.15, -0.1) is 0 Å². The molecule has 2 unspecified atom stereocenters. The lowest BCUT2D eigenvalue weighted by Gasteiger charge is -2.37. The van der Waals surface area contributed by atoms with E-state index in [4.69, 9.17) is 4.74 Å². The van der Waals surface area contributed by atoms with Crippen LogP contribution in [0.25, 0.3) is 0 Å². The fourth-order valence-corrected chi connectivity index (χ4v) is 2.78. The van der Waals surface area contributed by atoms with Crippen LogP contribution in [0.1, 0.15) is 31.4 Å². The number of hydrogen-bond acceptors (Lipinski definition) is 4. The fourth-order valence-electron chi connectivity index (χ4n) is 2.78. The third-order valence-electron chi connectivity index (χ3n) is 3.77. The number of rotatable bonds is 5. The number of esters is 1. The van der Waals surface area contributed by atoms with Crippen molar-refractivity contribution in [3.8, 4) is 0 Å². The van der Waals surface area contributed by atoms with E-state index < -0.39 is 12.0 Å². The van der Waals surface area contributed by atoms with Crippen molar-refractivity contribution >= 4 is 11.9 Å². The molecule has 21 heavy (non-hydrogen) atoms. The molecule has 0 saturated carbocycles. The van der Waals surface area contributed by atoms with Crippen molar-refractivity contribution in [1.82, 2.24) is 10.2 Å². The highest BCUT2D eigenvalue weighted by Gasteiger charge is 2.37. The molecule has 1 saturated heterocycles. The first-order valence-corrected chi connectivity index (χ1v) is 7.35. The van der Waals surface area contributed by atoms with Crippen LogP contribution in [0.5, 0.6) is 0 Å². The number of benzene rings is 1. The standard InChI is InChI=1S/C16H22N2O3/c1-3-17-13-10-7-11-18(15(13)19)14(16(20)21-2)12-8-5-4-6-9-12/h4-6,8-9,13-14,17H,3,7,10-11H2,1-2H3. The molecule has 0 aromatic heterocycles. The van der Waals surface area contributed by atoms with E-state index in [0.717, 1.165) is 24.9 Å². The highest BCUT2D eigenvalue weighted by molar-refractivity contribution is 5.88. The van der Waals surface area contributed by atoms with Gasteiger partial charge in [-0.05, 0) is 24.9 Å². The number of ether oxygens (including phenoxy) is 1. The van der Waals surface area contributed by atoms with Crippen LogP contribution in [0.4, 0.5) is 0 Å². The van der Waals surface area contributed by atoms with Crippen molar-refractivity contribution in [2.24, 2.45) is 0 Å². The van der Waals surface area contributed by atoms with Gasteiger partial charge in [-0.2, -0.15) is 0 Å². The Labute approximate surface area is 125 Å². The number of carbonyl (C=O) groups is 2. The zero-order chi connectivity index (χ0) is 15.2. The number of likely N-dealkylation sites (tertiary alicyclic amines) is 1. The maximum atomic E-state index is 12.6. The van der Waals surface area contributed by atoms with Crippen molar-refractivity contribution in [3.63, 3.8) is 0 Å². The number of nitrogens with one attached hydrogen (secondary N) is 1. The molecule has 1 N–H and O–H groups in total. The Morgan fingerprint density at radius 3 is 2.76 bits per heavy atom. The molecule has 1 aliphatic heterocycles. The van der Waals surface area contributed by atoms with Crippen LogP contribution in [-0.2, 0) is 14.3 Å². The predicted octanol–water partition coefficient (Wildman–Crippen LogP) is 1.50. The van der Waals surface area contributed by atoms with Gasteiger partial charge in [0.2, 0.25) is 5.91 Å². The van der Waals surface area contributed by atoms with Crippen molar-refractivity contribution in [1.29, 1.82) is 0 Å². The van der Waals surface area contributed by atoms with Crippen molar-refractivity contribution in [2.75, 3.05) is 20.2 Å². The van der Waals surface area contributed by atoms with Gasteiger partial charge in [0.25, 0.3) is 0 Å². The van der Waals surface area contributed by atoms with Gasteiger partial charge in [-0.25, -0.2) is 4.79 Å². The number of likely N-dealkylation sites (N-methyl/N-ethyl adjacent to an activating group) is 1. The molecule has 5 heteroatoms. The Bertz CT molecular complexity index is 488. The Balaban J connectivity index is 2.28. The smallest absolute Gasteiger partial charge is 0.333 e. The quantitative estimate of drug-likeness (QED) is 0.835. The van der Waals surface area contributed by atoms with Gasteiger partial charge in [0.15, 0.2) is 6.04 Å². The second-order valence-electron chi connectivity index (χ2n) is 5.12. The van der Waals surface area contributed by atoms with Gasteiger partial charge in [0, 0.05) is 6.54 Å². The third-order valence-corrected chi connectivity index (χ3v) is 3.77. The van der Waals surface area contributed by atoms with Crippen LogP contribution in [-0.4, -0.2) is 43.0 Å². The minimum atomic E-state index is -0.662. The van der Waals surface area contributed by atoms with Crippen molar-refractivity contribution in [3.05, 3.63) is 35.9 Å². The van der Waals surface area contributed by atoms with Crippen molar-refractivity contribution < 1.29 is 14.3 Å². The van der Waals surface area contributed by atoms with Crippen LogP contribution in [0.2, 0.25) is 0 Å². The van der Waals surface area contributed by atoms with Gasteiger partial charge in [-0.1, -0.05) is 37.3 Å². The molecule has 1 fully saturated rings. The summed E-state index contributed by atoms with van der Waals surface area (Å²) in [4.78, 5) is 26.4. The molecule has 1 heterocycles. The first-order chi connectivity index (χ1) is 10.2. The van der Waals surface area contributed by atoms with Gasteiger partial charge >= 0.3 is 5.97 Å². The number of methoxy groups -OCH3 is 1. The molecule has 1 aliphatic rings. The number of nitrogens with zero attached hydrogens (tertiary/aromatic N) is 1. The second kappa shape index (κ2) is 7.22. The zero-order valence-electron chi connectivity index (χ0n) is 12.5. The number of piperidine rings is 1. The maximum Gasteiger partial charge on any atom is 0.333 e. The number of hydrogen-bond donors (Lipinski definition) is 1. The van der Waals surface area contributed by atoms with E-state index >= 15 is 0 Å². The zero-order valence-corrected chi connectivity index (χ0v) is 12.5. The van der Waals surface area contributed by atoms with Crippen LogP contribution in [0, 0.1) is 0 Å². The number of carbonyl (C=O) groups excluding carboxylic acids is 2. The molecule has 0 spiro atoms. The van der Waals surface area contributed by atoms with Crippen LogP contribution < -0.4 is 5.32 Å². The fraction of sp³-hybridized carbons (Fsp3) is 0.500. The Kier molecular flexibility index (Phi) is 5.33. The summed E-state index contributed by atoms with van der Waals surface area (Å²) >= 11 is 0. The highest BCUT2D eigenvalue weighted by Crippen LogP contribution is 2.26. The molecular formula is C16H22N2O3. The van der Waals surface area contributed by atoms with Crippen LogP contribution >= 0.6 is 0 Å². The predicted molar refractivity (Wildman–Crippen MR) is 79.6 cm³/mol. The van der Waals surface area contributed by atoms with Gasteiger partial charge < -0.3 is 15.0 Å². The van der Waals surface area contributed by atoms with Gasteiger partial charge in [-0.3, -0.25) is 4.79 Å². The van der Waals surface area contributed by atoms with Gasteiger partial charge in [0.1, 0.15) is 0 Å². The number of amides is 1. The van der Waals surface area contributed by atoms with E-state index in [9.17, 15) is 9.59 Å². The van der Waals surface area contributed by atoms with E-state index in [1.54, 1.807) is 4.90 Å². The summed E-state index contributed by atoms with van der Waals surface area (Å²) in [5.74, 6) is -0.422. The van der Waals surface area contributed by atoms with E-state index in [1.807, 2.05) is 37.3 Å². The minimum absolute atomic E-state index is 0.0256. The maximum absolute atomic E-state index is 12.6. The molecule has 2 rings (SSSR count). The summed E-state index contributed by atoms with van der Waals surface area (Å²) < 4.78 is 4.91. The summed E-state index contributed by atoms with van der Waals surface area (Å²) in [6, 6.07) is 8.45. The average molecular weight is 290 g/mol. The summed E-state index contributed by atoms with van der Waals surface area (Å²) in [6.07, 6.45) is 1.69. The summed E-state index contributed by atoms with van der Waals surface area (Å²) in [6.45, 7) is 3.29. The molecule has 1 aromatic rings. The third kappa shape index (κ3) is 3.42. The topological polar surface area (TPSA) is 58.6 Å². The van der Waals surface area contributed by atoms with Crippen molar-refractivity contribution in [2.45, 2.75) is 31.8 Å². The van der Waals surface area contributed by atoms with E-state index in [1.165, 1.54) is 7.11 Å². The van der Waals surface area contributed by atoms with Crippen LogP contribution in [0.15, 0.2) is 30.3 Å². The van der Waals surface area contributed by atoms with Gasteiger partial charge in [0.05, 0.1) is 13.2 Å². The molecule has 1 amide bonds. The molecular weight excluding hydrogens is 268 g/mol. The molecule has 114 valence electrons. The highest BCUT2D eigenvalue weighted by atomic mass is 16.5. The average Bonchev–Trinajstić information content (AvgIpc) is 2.52. The molecule has 2 atom stereocenters. The Morgan fingerprint density at radius 1 is 1.43 bits per heavy atom. The molecule has 0 radical (unpaired) electrons. The van der Waals surface area contributed by atoms with E-state index in [-0.39, 0.29) is 11.9 Å². The summed E-state index contributed by atoms with van der Waals surface area (Å²) in [7, 11) is 1.36. The molecule has 5 nitrogen and oxygen atoms in total. The molecule has 1 aromatic carbocycles. The summed E-state index contributed by atoms with van der Waals surface area (Å²) in [5.41, 5.74) is 0.787. The lowest BCUT2D eigenvalue weighted by molar-refractivity contribution is -0.155. The van der Waals surface area contributed by atoms with Crippen LogP contribution in [0.3, 0.4) is 0 Å². The summed E-state index contributed by atoms with van der Waals surface area (Å²) in [5, 5.41) is 3.18. The normalized spacial score (nSPS) is 20.2. The lowest BCUT2D eigenvalue weighted by atomic mass is 9.98. The lowest BCUT2D eigenvalue weighted by Crippen LogP contribution is -2.53. The van der Waals surface area contributed by atoms with E-state index in [0.29, 0.717) is 6.54 Å². The van der Waals surface area contributed by atoms with E-state index in [2.05, 4.69) is 5.32 Å². The molecule has 0 aliphatic carbocycles. The first-order valence-electron chi connectivity index (χ1n) is 7.35. The Morgan fingerprint density at radius 2 is 2.14 bits per heavy atom. The molecule has 0 bridgehead atoms. The largest absolute Gasteiger partial charge is 0.467 e. The first kappa shape index (κ1) is 15.5. The SMILES string of the molecule is CCNC1CCCN(C(C(=O)OC)c2ccccc2)C1=O. The second-order valence-corrected chi connectivity index (χ2v) is 5.12. The minimum Gasteiger partial charge on any atom is -0.467 e.